The monoisotopic (exact) mass is 394 g/mol. The molecule has 0 radical (unpaired) electrons. The van der Waals surface area contributed by atoms with Crippen LogP contribution in [-0.4, -0.2) is 61.0 Å². The third kappa shape index (κ3) is 7.23. The molecular formula is C23H30N4O2. The largest absolute Gasteiger partial charge is 0.351 e. The minimum absolute atomic E-state index is 0.00811. The summed E-state index contributed by atoms with van der Waals surface area (Å²) in [6.07, 6.45) is 1.89. The highest BCUT2D eigenvalue weighted by molar-refractivity contribution is 5.78. The highest BCUT2D eigenvalue weighted by Gasteiger charge is 2.22. The van der Waals surface area contributed by atoms with Gasteiger partial charge in [-0.25, -0.2) is 4.79 Å². The van der Waals surface area contributed by atoms with Crippen LogP contribution in [0.5, 0.6) is 0 Å². The molecule has 6 heteroatoms. The van der Waals surface area contributed by atoms with Gasteiger partial charge in [-0.1, -0.05) is 60.7 Å². The lowest BCUT2D eigenvalue weighted by atomic mass is 10.1. The first-order valence-electron chi connectivity index (χ1n) is 10.3. The number of carbonyl (C=O) groups excluding carboxylic acids is 2. The molecule has 2 aromatic rings. The lowest BCUT2D eigenvalue weighted by Crippen LogP contribution is -2.53. The average molecular weight is 395 g/mol. The third-order valence-corrected chi connectivity index (χ3v) is 5.12. The van der Waals surface area contributed by atoms with Gasteiger partial charge in [-0.15, -0.1) is 0 Å². The van der Waals surface area contributed by atoms with Crippen LogP contribution in [-0.2, 0) is 17.8 Å². The molecule has 1 saturated heterocycles. The van der Waals surface area contributed by atoms with E-state index in [1.807, 2.05) is 53.4 Å². The summed E-state index contributed by atoms with van der Waals surface area (Å²) in [6.45, 7) is 4.33. The van der Waals surface area contributed by atoms with Crippen molar-refractivity contribution < 1.29 is 9.59 Å². The molecule has 1 aliphatic heterocycles. The Morgan fingerprint density at radius 3 is 2.07 bits per heavy atom. The van der Waals surface area contributed by atoms with E-state index in [0.29, 0.717) is 32.7 Å². The van der Waals surface area contributed by atoms with Crippen LogP contribution in [0.1, 0.15) is 17.5 Å². The fraction of sp³-hybridized carbons (Fsp3) is 0.391. The molecule has 0 saturated carbocycles. The first-order chi connectivity index (χ1) is 14.2. The van der Waals surface area contributed by atoms with E-state index in [1.165, 1.54) is 5.56 Å². The number of benzene rings is 2. The number of carbonyl (C=O) groups is 2. The SMILES string of the molecule is O=C(CN1CCN(C(=O)NCCCc2ccccc2)CC1)NCc1ccccc1. The maximum atomic E-state index is 12.3. The number of urea groups is 1. The smallest absolute Gasteiger partial charge is 0.317 e. The Morgan fingerprint density at radius 1 is 0.793 bits per heavy atom. The van der Waals surface area contributed by atoms with Gasteiger partial charge in [-0.3, -0.25) is 9.69 Å². The minimum atomic E-state index is -0.00811. The van der Waals surface area contributed by atoms with Crippen LogP contribution in [0.3, 0.4) is 0 Å². The Kier molecular flexibility index (Phi) is 8.07. The molecule has 1 heterocycles. The predicted molar refractivity (Wildman–Crippen MR) is 114 cm³/mol. The topological polar surface area (TPSA) is 64.7 Å². The third-order valence-electron chi connectivity index (χ3n) is 5.12. The van der Waals surface area contributed by atoms with Crippen molar-refractivity contribution >= 4 is 11.9 Å². The van der Waals surface area contributed by atoms with Gasteiger partial charge in [-0.2, -0.15) is 0 Å². The summed E-state index contributed by atoms with van der Waals surface area (Å²) < 4.78 is 0. The summed E-state index contributed by atoms with van der Waals surface area (Å²) in [5.74, 6) is 0.0210. The maximum absolute atomic E-state index is 12.3. The zero-order chi connectivity index (χ0) is 20.3. The van der Waals surface area contributed by atoms with Crippen molar-refractivity contribution in [3.8, 4) is 0 Å². The summed E-state index contributed by atoms with van der Waals surface area (Å²) in [4.78, 5) is 28.4. The van der Waals surface area contributed by atoms with Crippen LogP contribution in [0.25, 0.3) is 0 Å². The van der Waals surface area contributed by atoms with E-state index in [-0.39, 0.29) is 11.9 Å². The van der Waals surface area contributed by atoms with Gasteiger partial charge < -0.3 is 15.5 Å². The number of piperazine rings is 1. The van der Waals surface area contributed by atoms with Gasteiger partial charge in [0, 0.05) is 39.3 Å². The van der Waals surface area contributed by atoms with Gasteiger partial charge >= 0.3 is 6.03 Å². The second-order valence-corrected chi connectivity index (χ2v) is 7.35. The van der Waals surface area contributed by atoms with Crippen LogP contribution in [0.2, 0.25) is 0 Å². The standard InChI is InChI=1S/C23H30N4O2/c28-22(25-18-21-10-5-2-6-11-21)19-26-14-16-27(17-15-26)23(29)24-13-7-12-20-8-3-1-4-9-20/h1-6,8-11H,7,12-19H2,(H,24,29)(H,25,28). The molecule has 0 aliphatic carbocycles. The van der Waals surface area contributed by atoms with Gasteiger partial charge in [0.2, 0.25) is 5.91 Å². The first kappa shape index (κ1) is 20.9. The quantitative estimate of drug-likeness (QED) is 0.675. The Hall–Kier alpha value is -2.86. The fourth-order valence-corrected chi connectivity index (χ4v) is 3.41. The zero-order valence-corrected chi connectivity index (χ0v) is 16.8. The molecule has 2 aromatic carbocycles. The van der Waals surface area contributed by atoms with E-state index in [1.54, 1.807) is 0 Å². The summed E-state index contributed by atoms with van der Waals surface area (Å²) >= 11 is 0. The molecular weight excluding hydrogens is 364 g/mol. The summed E-state index contributed by atoms with van der Waals surface area (Å²) in [5, 5.41) is 5.96. The van der Waals surface area contributed by atoms with Crippen molar-refractivity contribution in [3.63, 3.8) is 0 Å². The molecule has 154 valence electrons. The number of aryl methyl sites for hydroxylation is 1. The number of rotatable bonds is 8. The van der Waals surface area contributed by atoms with Crippen molar-refractivity contribution in [2.24, 2.45) is 0 Å². The molecule has 1 fully saturated rings. The van der Waals surface area contributed by atoms with E-state index < -0.39 is 0 Å². The molecule has 3 rings (SSSR count). The van der Waals surface area contributed by atoms with E-state index in [0.717, 1.165) is 31.5 Å². The van der Waals surface area contributed by atoms with E-state index >= 15 is 0 Å². The normalized spacial score (nSPS) is 14.4. The summed E-state index contributed by atoms with van der Waals surface area (Å²) in [7, 11) is 0. The Balaban J connectivity index is 1.28. The number of hydrogen-bond donors (Lipinski definition) is 2. The van der Waals surface area contributed by atoms with Crippen LogP contribution < -0.4 is 10.6 Å². The Labute approximate surface area is 172 Å². The summed E-state index contributed by atoms with van der Waals surface area (Å²) in [6, 6.07) is 20.2. The highest BCUT2D eigenvalue weighted by Crippen LogP contribution is 2.04. The molecule has 0 bridgehead atoms. The molecule has 1 aliphatic rings. The Morgan fingerprint density at radius 2 is 1.41 bits per heavy atom. The van der Waals surface area contributed by atoms with Gasteiger partial charge in [0.25, 0.3) is 0 Å². The van der Waals surface area contributed by atoms with Crippen molar-refractivity contribution in [2.45, 2.75) is 19.4 Å². The highest BCUT2D eigenvalue weighted by atomic mass is 16.2. The maximum Gasteiger partial charge on any atom is 0.317 e. The van der Waals surface area contributed by atoms with Crippen LogP contribution >= 0.6 is 0 Å². The molecule has 2 N–H and O–H groups in total. The second kappa shape index (κ2) is 11.2. The van der Waals surface area contributed by atoms with Crippen LogP contribution in [0.15, 0.2) is 60.7 Å². The molecule has 0 aromatic heterocycles. The van der Waals surface area contributed by atoms with Gasteiger partial charge in [0.1, 0.15) is 0 Å². The summed E-state index contributed by atoms with van der Waals surface area (Å²) in [5.41, 5.74) is 2.38. The van der Waals surface area contributed by atoms with Gasteiger partial charge in [0.05, 0.1) is 6.54 Å². The minimum Gasteiger partial charge on any atom is -0.351 e. The van der Waals surface area contributed by atoms with Crippen molar-refractivity contribution in [3.05, 3.63) is 71.8 Å². The molecule has 6 nitrogen and oxygen atoms in total. The van der Waals surface area contributed by atoms with Crippen molar-refractivity contribution in [2.75, 3.05) is 39.3 Å². The molecule has 0 spiro atoms. The van der Waals surface area contributed by atoms with Crippen molar-refractivity contribution in [1.82, 2.24) is 20.4 Å². The molecule has 29 heavy (non-hydrogen) atoms. The average Bonchev–Trinajstić information content (AvgIpc) is 2.77. The zero-order valence-electron chi connectivity index (χ0n) is 16.8. The predicted octanol–water partition coefficient (Wildman–Crippen LogP) is 2.26. The fourth-order valence-electron chi connectivity index (χ4n) is 3.41. The molecule has 3 amide bonds. The van der Waals surface area contributed by atoms with E-state index in [9.17, 15) is 9.59 Å². The number of hydrogen-bond acceptors (Lipinski definition) is 3. The van der Waals surface area contributed by atoms with Gasteiger partial charge in [-0.05, 0) is 24.0 Å². The number of amides is 3. The van der Waals surface area contributed by atoms with Crippen molar-refractivity contribution in [1.29, 1.82) is 0 Å². The lowest BCUT2D eigenvalue weighted by Gasteiger charge is -2.34. The lowest BCUT2D eigenvalue weighted by molar-refractivity contribution is -0.122. The number of nitrogens with one attached hydrogen (secondary N) is 2. The first-order valence-corrected chi connectivity index (χ1v) is 10.3. The number of nitrogens with zero attached hydrogens (tertiary/aromatic N) is 2. The Bertz CT molecular complexity index is 759. The van der Waals surface area contributed by atoms with E-state index in [2.05, 4.69) is 27.7 Å². The van der Waals surface area contributed by atoms with E-state index in [4.69, 9.17) is 0 Å². The second-order valence-electron chi connectivity index (χ2n) is 7.35. The van der Waals surface area contributed by atoms with Gasteiger partial charge in [0.15, 0.2) is 0 Å². The van der Waals surface area contributed by atoms with Crippen LogP contribution in [0, 0.1) is 0 Å². The molecule has 0 atom stereocenters. The van der Waals surface area contributed by atoms with Crippen LogP contribution in [0.4, 0.5) is 4.79 Å². The molecule has 0 unspecified atom stereocenters.